The van der Waals surface area contributed by atoms with E-state index in [1.165, 1.54) is 6.07 Å². The molecule has 2 fully saturated rings. The van der Waals surface area contributed by atoms with E-state index in [1.807, 2.05) is 0 Å². The smallest absolute Gasteiger partial charge is 0.350 e. The summed E-state index contributed by atoms with van der Waals surface area (Å²) in [4.78, 5) is 16.5. The van der Waals surface area contributed by atoms with E-state index in [0.717, 1.165) is 18.9 Å². The van der Waals surface area contributed by atoms with Gasteiger partial charge in [0.25, 0.3) is 5.91 Å². The summed E-state index contributed by atoms with van der Waals surface area (Å²) in [5.74, 6) is -3.56. The van der Waals surface area contributed by atoms with Crippen LogP contribution in [0.25, 0.3) is 10.9 Å². The van der Waals surface area contributed by atoms with E-state index in [-0.39, 0.29) is 42.4 Å². The molecule has 0 radical (unpaired) electrons. The van der Waals surface area contributed by atoms with Crippen LogP contribution >= 0.6 is 0 Å². The third-order valence-corrected chi connectivity index (χ3v) is 5.79. The summed E-state index contributed by atoms with van der Waals surface area (Å²) in [5.41, 5.74) is -0.0522. The number of amides is 1. The predicted octanol–water partition coefficient (Wildman–Crippen LogP) is 5.60. The van der Waals surface area contributed by atoms with E-state index >= 15 is 0 Å². The number of hydrogen-bond acceptors (Lipinski definition) is 2. The van der Waals surface area contributed by atoms with E-state index in [2.05, 4.69) is 10.3 Å². The minimum absolute atomic E-state index is 0.0555. The van der Waals surface area contributed by atoms with Crippen LogP contribution in [0, 0.1) is 12.8 Å². The zero-order chi connectivity index (χ0) is 21.0. The molecule has 0 unspecified atom stereocenters. The Bertz CT molecular complexity index is 966. The summed E-state index contributed by atoms with van der Waals surface area (Å²) in [6.45, 7) is 1.70. The molecular weight excluding hydrogens is 391 g/mol. The molecule has 0 aliphatic heterocycles. The Hall–Kier alpha value is -2.25. The molecule has 156 valence electrons. The molecule has 1 aromatic heterocycles. The Morgan fingerprint density at radius 1 is 1.21 bits per heavy atom. The monoisotopic (exact) mass is 412 g/mol. The quantitative estimate of drug-likeness (QED) is 0.664. The van der Waals surface area contributed by atoms with Gasteiger partial charge >= 0.3 is 6.18 Å². The number of benzene rings is 1. The third kappa shape index (κ3) is 4.21. The summed E-state index contributed by atoms with van der Waals surface area (Å²) < 4.78 is 67.6. The van der Waals surface area contributed by atoms with Gasteiger partial charge in [-0.15, -0.1) is 0 Å². The lowest BCUT2D eigenvalue weighted by atomic mass is 9.98. The second-order valence-corrected chi connectivity index (χ2v) is 8.24. The first-order valence-electron chi connectivity index (χ1n) is 9.72. The Labute approximate surface area is 164 Å². The average molecular weight is 412 g/mol. The SMILES string of the molecule is Cc1cc(C(=O)NC[C@@H]2CCC(F)(F)C2)nc2c(C(F)(F)F)cc(C3CC3)cc12. The number of nitrogens with one attached hydrogen (secondary N) is 1. The normalized spacial score (nSPS) is 21.5. The van der Waals surface area contributed by atoms with Crippen molar-refractivity contribution in [3.05, 3.63) is 40.6 Å². The second-order valence-electron chi connectivity index (χ2n) is 8.24. The fourth-order valence-electron chi connectivity index (χ4n) is 4.04. The molecule has 1 N–H and O–H groups in total. The second kappa shape index (κ2) is 6.92. The van der Waals surface area contributed by atoms with Crippen LogP contribution in [0.3, 0.4) is 0 Å². The standard InChI is InChI=1S/C21H21F5N2O/c1-11-6-17(19(29)27-10-12-4-5-20(22,23)9-12)28-18-15(11)7-14(13-2-3-13)8-16(18)21(24,25)26/h6-8,12-13H,2-5,9-10H2,1H3,(H,27,29)/t12-/m1/s1. The largest absolute Gasteiger partial charge is 0.418 e. The van der Waals surface area contributed by atoms with Gasteiger partial charge in [0.05, 0.1) is 11.1 Å². The highest BCUT2D eigenvalue weighted by Crippen LogP contribution is 2.44. The molecule has 1 amide bonds. The van der Waals surface area contributed by atoms with Gasteiger partial charge in [0, 0.05) is 24.8 Å². The van der Waals surface area contributed by atoms with Crippen molar-refractivity contribution < 1.29 is 26.7 Å². The number of hydrogen-bond donors (Lipinski definition) is 1. The maximum atomic E-state index is 13.7. The lowest BCUT2D eigenvalue weighted by molar-refractivity contribution is -0.136. The fourth-order valence-corrected chi connectivity index (χ4v) is 4.04. The van der Waals surface area contributed by atoms with Crippen LogP contribution < -0.4 is 5.32 Å². The van der Waals surface area contributed by atoms with Gasteiger partial charge in [0.1, 0.15) is 5.69 Å². The fraction of sp³-hybridized carbons (Fsp3) is 0.524. The Kier molecular flexibility index (Phi) is 4.78. The number of fused-ring (bicyclic) bond motifs is 1. The molecular formula is C21H21F5N2O. The lowest BCUT2D eigenvalue weighted by Crippen LogP contribution is -2.29. The Balaban J connectivity index is 1.63. The summed E-state index contributed by atoms with van der Waals surface area (Å²) in [6.07, 6.45) is -3.04. The highest BCUT2D eigenvalue weighted by Gasteiger charge is 2.39. The molecule has 1 heterocycles. The Morgan fingerprint density at radius 2 is 1.93 bits per heavy atom. The number of halogens is 5. The van der Waals surface area contributed by atoms with E-state index in [1.54, 1.807) is 13.0 Å². The number of alkyl halides is 5. The van der Waals surface area contributed by atoms with E-state index in [9.17, 15) is 26.7 Å². The van der Waals surface area contributed by atoms with Crippen LogP contribution in [0.5, 0.6) is 0 Å². The molecule has 1 atom stereocenters. The molecule has 29 heavy (non-hydrogen) atoms. The zero-order valence-electron chi connectivity index (χ0n) is 15.9. The van der Waals surface area contributed by atoms with Crippen molar-refractivity contribution in [1.29, 1.82) is 0 Å². The van der Waals surface area contributed by atoms with Crippen LogP contribution in [0.2, 0.25) is 0 Å². The molecule has 0 bridgehead atoms. The van der Waals surface area contributed by atoms with Gasteiger partial charge in [0.15, 0.2) is 0 Å². The number of nitrogens with zero attached hydrogens (tertiary/aromatic N) is 1. The van der Waals surface area contributed by atoms with Crippen LogP contribution in [-0.2, 0) is 6.18 Å². The van der Waals surface area contributed by atoms with Crippen molar-refractivity contribution in [2.45, 2.75) is 57.0 Å². The number of aromatic nitrogens is 1. The van der Waals surface area contributed by atoms with E-state index in [4.69, 9.17) is 0 Å². The molecule has 2 saturated carbocycles. The maximum Gasteiger partial charge on any atom is 0.418 e. The van der Waals surface area contributed by atoms with Crippen LogP contribution in [-0.4, -0.2) is 23.4 Å². The van der Waals surface area contributed by atoms with Crippen LogP contribution in [0.1, 0.15) is 65.2 Å². The summed E-state index contributed by atoms with van der Waals surface area (Å²) in [6, 6.07) is 4.32. The first-order chi connectivity index (χ1) is 13.5. The molecule has 0 spiro atoms. The first-order valence-corrected chi connectivity index (χ1v) is 9.72. The minimum Gasteiger partial charge on any atom is -0.350 e. The van der Waals surface area contributed by atoms with Gasteiger partial charge in [0.2, 0.25) is 5.92 Å². The summed E-state index contributed by atoms with van der Waals surface area (Å²) in [5, 5.41) is 2.94. The van der Waals surface area contributed by atoms with E-state index < -0.39 is 23.6 Å². The molecule has 1 aromatic carbocycles. The molecule has 2 aliphatic rings. The van der Waals surface area contributed by atoms with Gasteiger partial charge in [-0.25, -0.2) is 13.8 Å². The van der Waals surface area contributed by atoms with Gasteiger partial charge in [-0.3, -0.25) is 4.79 Å². The molecule has 8 heteroatoms. The summed E-state index contributed by atoms with van der Waals surface area (Å²) in [7, 11) is 0. The van der Waals surface area contributed by atoms with Crippen LogP contribution in [0.4, 0.5) is 22.0 Å². The maximum absolute atomic E-state index is 13.7. The number of carbonyl (C=O) groups is 1. The molecule has 2 aromatic rings. The summed E-state index contributed by atoms with van der Waals surface area (Å²) >= 11 is 0. The lowest BCUT2D eigenvalue weighted by Gasteiger charge is -2.16. The number of pyridine rings is 1. The molecule has 0 saturated heterocycles. The van der Waals surface area contributed by atoms with Gasteiger partial charge in [-0.1, -0.05) is 0 Å². The highest BCUT2D eigenvalue weighted by atomic mass is 19.4. The van der Waals surface area contributed by atoms with Crippen molar-refractivity contribution in [3.8, 4) is 0 Å². The predicted molar refractivity (Wildman–Crippen MR) is 98.1 cm³/mol. The van der Waals surface area contributed by atoms with Crippen LogP contribution in [0.15, 0.2) is 18.2 Å². The number of carbonyl (C=O) groups excluding carboxylic acids is 1. The van der Waals surface area contributed by atoms with Crippen molar-refractivity contribution in [2.75, 3.05) is 6.54 Å². The van der Waals surface area contributed by atoms with Gasteiger partial charge < -0.3 is 5.32 Å². The Morgan fingerprint density at radius 3 is 2.52 bits per heavy atom. The molecule has 2 aliphatic carbocycles. The number of rotatable bonds is 4. The van der Waals surface area contributed by atoms with Crippen molar-refractivity contribution >= 4 is 16.8 Å². The molecule has 4 rings (SSSR count). The van der Waals surface area contributed by atoms with Crippen molar-refractivity contribution in [3.63, 3.8) is 0 Å². The van der Waals surface area contributed by atoms with Gasteiger partial charge in [-0.2, -0.15) is 13.2 Å². The third-order valence-electron chi connectivity index (χ3n) is 5.79. The first kappa shape index (κ1) is 20.0. The van der Waals surface area contributed by atoms with Gasteiger partial charge in [-0.05, 0) is 67.3 Å². The topological polar surface area (TPSA) is 42.0 Å². The van der Waals surface area contributed by atoms with Crippen molar-refractivity contribution in [1.82, 2.24) is 10.3 Å². The minimum atomic E-state index is -4.59. The highest BCUT2D eigenvalue weighted by molar-refractivity contribution is 5.97. The zero-order valence-corrected chi connectivity index (χ0v) is 15.9. The molecule has 3 nitrogen and oxygen atoms in total. The average Bonchev–Trinajstić information content (AvgIpc) is 3.42. The number of aryl methyl sites for hydroxylation is 1. The van der Waals surface area contributed by atoms with E-state index in [0.29, 0.717) is 22.9 Å². The van der Waals surface area contributed by atoms with Crippen molar-refractivity contribution in [2.24, 2.45) is 5.92 Å².